The van der Waals surface area contributed by atoms with Crippen molar-refractivity contribution in [3.05, 3.63) is 27.6 Å². The summed E-state index contributed by atoms with van der Waals surface area (Å²) in [5, 5.41) is 0. The normalized spacial score (nSPS) is 16.9. The standard InChI is InChI=1S/C12H14FIO/c13-10-6-3-7-11(14)12(10)15-8-9-4-1-2-5-9/h3,6-7,9H,1-2,4-5,8H2. The molecule has 0 radical (unpaired) electrons. The van der Waals surface area contributed by atoms with Gasteiger partial charge in [0.25, 0.3) is 0 Å². The first-order valence-corrected chi connectivity index (χ1v) is 6.42. The van der Waals surface area contributed by atoms with Gasteiger partial charge in [-0.15, -0.1) is 0 Å². The van der Waals surface area contributed by atoms with Crippen molar-refractivity contribution in [2.75, 3.05) is 6.61 Å². The lowest BCUT2D eigenvalue weighted by atomic mass is 10.1. The lowest BCUT2D eigenvalue weighted by Gasteiger charge is -2.12. The fraction of sp³-hybridized carbons (Fsp3) is 0.500. The third kappa shape index (κ3) is 2.83. The number of para-hydroxylation sites is 1. The first kappa shape index (κ1) is 11.2. The van der Waals surface area contributed by atoms with Crippen LogP contribution >= 0.6 is 22.6 Å². The minimum Gasteiger partial charge on any atom is -0.489 e. The SMILES string of the molecule is Fc1cccc(I)c1OCC1CCCC1. The minimum absolute atomic E-state index is 0.250. The molecule has 0 bridgehead atoms. The largest absolute Gasteiger partial charge is 0.489 e. The molecule has 0 saturated heterocycles. The average Bonchev–Trinajstić information content (AvgIpc) is 2.70. The van der Waals surface area contributed by atoms with Crippen molar-refractivity contribution >= 4 is 22.6 Å². The van der Waals surface area contributed by atoms with Crippen LogP contribution < -0.4 is 4.74 Å². The van der Waals surface area contributed by atoms with Gasteiger partial charge in [-0.2, -0.15) is 0 Å². The molecule has 0 atom stereocenters. The molecule has 0 unspecified atom stereocenters. The molecule has 3 heteroatoms. The molecule has 1 nitrogen and oxygen atoms in total. The molecule has 82 valence electrons. The molecule has 1 aromatic carbocycles. The molecule has 1 aliphatic carbocycles. The smallest absolute Gasteiger partial charge is 0.168 e. The molecule has 1 aromatic rings. The van der Waals surface area contributed by atoms with Gasteiger partial charge in [-0.05, 0) is 53.5 Å². The zero-order valence-electron chi connectivity index (χ0n) is 8.51. The van der Waals surface area contributed by atoms with E-state index in [1.807, 2.05) is 6.07 Å². The zero-order chi connectivity index (χ0) is 10.7. The molecule has 0 heterocycles. The lowest BCUT2D eigenvalue weighted by Crippen LogP contribution is -2.09. The maximum absolute atomic E-state index is 13.4. The van der Waals surface area contributed by atoms with Crippen LogP contribution in [0.5, 0.6) is 5.75 Å². The van der Waals surface area contributed by atoms with Crippen LogP contribution in [0.15, 0.2) is 18.2 Å². The molecule has 1 fully saturated rings. The number of ether oxygens (including phenoxy) is 1. The van der Waals surface area contributed by atoms with Crippen LogP contribution in [0.25, 0.3) is 0 Å². The Labute approximate surface area is 103 Å². The van der Waals surface area contributed by atoms with Crippen molar-refractivity contribution in [2.45, 2.75) is 25.7 Å². The Kier molecular flexibility index (Phi) is 3.83. The quantitative estimate of drug-likeness (QED) is 0.765. The van der Waals surface area contributed by atoms with E-state index in [1.165, 1.54) is 31.7 Å². The van der Waals surface area contributed by atoms with E-state index in [1.54, 1.807) is 6.07 Å². The van der Waals surface area contributed by atoms with E-state index in [0.29, 0.717) is 18.3 Å². The highest BCUT2D eigenvalue weighted by Gasteiger charge is 2.17. The molecule has 15 heavy (non-hydrogen) atoms. The molecule has 2 rings (SSSR count). The first-order valence-electron chi connectivity index (χ1n) is 5.34. The highest BCUT2D eigenvalue weighted by Crippen LogP contribution is 2.28. The van der Waals surface area contributed by atoms with Crippen LogP contribution in [0.1, 0.15) is 25.7 Å². The van der Waals surface area contributed by atoms with Gasteiger partial charge >= 0.3 is 0 Å². The Balaban J connectivity index is 1.97. The zero-order valence-corrected chi connectivity index (χ0v) is 10.7. The molecule has 1 saturated carbocycles. The van der Waals surface area contributed by atoms with Crippen LogP contribution in [0, 0.1) is 15.3 Å². The van der Waals surface area contributed by atoms with Crippen LogP contribution in [-0.2, 0) is 0 Å². The van der Waals surface area contributed by atoms with Crippen LogP contribution in [0.2, 0.25) is 0 Å². The highest BCUT2D eigenvalue weighted by molar-refractivity contribution is 14.1. The van der Waals surface area contributed by atoms with Gasteiger partial charge in [0.2, 0.25) is 0 Å². The fourth-order valence-corrected chi connectivity index (χ4v) is 2.62. The molecule has 0 aromatic heterocycles. The van der Waals surface area contributed by atoms with Gasteiger partial charge < -0.3 is 4.74 Å². The van der Waals surface area contributed by atoms with Gasteiger partial charge in [0.1, 0.15) is 0 Å². The minimum atomic E-state index is -0.250. The van der Waals surface area contributed by atoms with Crippen molar-refractivity contribution in [1.29, 1.82) is 0 Å². The second-order valence-corrected chi connectivity index (χ2v) is 5.17. The number of benzene rings is 1. The molecule has 1 aliphatic rings. The predicted molar refractivity (Wildman–Crippen MR) is 66.6 cm³/mol. The van der Waals surface area contributed by atoms with Crippen molar-refractivity contribution < 1.29 is 9.13 Å². The Morgan fingerprint density at radius 2 is 2.07 bits per heavy atom. The number of hydrogen-bond donors (Lipinski definition) is 0. The third-order valence-corrected chi connectivity index (χ3v) is 3.71. The molecule has 0 aliphatic heterocycles. The summed E-state index contributed by atoms with van der Waals surface area (Å²) in [7, 11) is 0. The predicted octanol–water partition coefficient (Wildman–Crippen LogP) is 4.00. The molecule has 0 N–H and O–H groups in total. The fourth-order valence-electron chi connectivity index (χ4n) is 2.00. The van der Waals surface area contributed by atoms with Gasteiger partial charge in [-0.3, -0.25) is 0 Å². The summed E-state index contributed by atoms with van der Waals surface area (Å²) < 4.78 is 19.8. The summed E-state index contributed by atoms with van der Waals surface area (Å²) >= 11 is 2.11. The van der Waals surface area contributed by atoms with Gasteiger partial charge in [0.05, 0.1) is 10.2 Å². The van der Waals surface area contributed by atoms with Crippen molar-refractivity contribution in [3.63, 3.8) is 0 Å². The lowest BCUT2D eigenvalue weighted by molar-refractivity contribution is 0.240. The average molecular weight is 320 g/mol. The Morgan fingerprint density at radius 1 is 1.33 bits per heavy atom. The third-order valence-electron chi connectivity index (χ3n) is 2.86. The number of hydrogen-bond acceptors (Lipinski definition) is 1. The Morgan fingerprint density at radius 3 is 2.73 bits per heavy atom. The van der Waals surface area contributed by atoms with E-state index in [2.05, 4.69) is 22.6 Å². The molecular formula is C12H14FIO. The van der Waals surface area contributed by atoms with Gasteiger partial charge in [0.15, 0.2) is 11.6 Å². The summed E-state index contributed by atoms with van der Waals surface area (Å²) in [5.41, 5.74) is 0. The monoisotopic (exact) mass is 320 g/mol. The van der Waals surface area contributed by atoms with Gasteiger partial charge in [0, 0.05) is 0 Å². The molecular weight excluding hydrogens is 306 g/mol. The van der Waals surface area contributed by atoms with E-state index < -0.39 is 0 Å². The summed E-state index contributed by atoms with van der Waals surface area (Å²) in [5.74, 6) is 0.797. The molecule has 0 amide bonds. The van der Waals surface area contributed by atoms with E-state index in [4.69, 9.17) is 4.74 Å². The van der Waals surface area contributed by atoms with E-state index >= 15 is 0 Å². The van der Waals surface area contributed by atoms with E-state index in [-0.39, 0.29) is 5.82 Å². The van der Waals surface area contributed by atoms with Crippen LogP contribution in [0.3, 0.4) is 0 Å². The summed E-state index contributed by atoms with van der Waals surface area (Å²) in [6, 6.07) is 5.03. The Bertz CT molecular complexity index is 314. The number of rotatable bonds is 3. The number of halogens is 2. The van der Waals surface area contributed by atoms with E-state index in [9.17, 15) is 4.39 Å². The summed E-state index contributed by atoms with van der Waals surface area (Å²) in [4.78, 5) is 0. The maximum Gasteiger partial charge on any atom is 0.168 e. The Hall–Kier alpha value is -0.320. The molecule has 0 spiro atoms. The van der Waals surface area contributed by atoms with Crippen LogP contribution in [-0.4, -0.2) is 6.61 Å². The second kappa shape index (κ2) is 5.14. The van der Waals surface area contributed by atoms with Crippen LogP contribution in [0.4, 0.5) is 4.39 Å². The van der Waals surface area contributed by atoms with Crippen molar-refractivity contribution in [1.82, 2.24) is 0 Å². The maximum atomic E-state index is 13.4. The topological polar surface area (TPSA) is 9.23 Å². The summed E-state index contributed by atoms with van der Waals surface area (Å²) in [6.07, 6.45) is 5.04. The highest BCUT2D eigenvalue weighted by atomic mass is 127. The van der Waals surface area contributed by atoms with Gasteiger partial charge in [-0.25, -0.2) is 4.39 Å². The second-order valence-electron chi connectivity index (χ2n) is 4.01. The van der Waals surface area contributed by atoms with Gasteiger partial charge in [-0.1, -0.05) is 18.9 Å². The van der Waals surface area contributed by atoms with Crippen molar-refractivity contribution in [3.8, 4) is 5.75 Å². The summed E-state index contributed by atoms with van der Waals surface area (Å²) in [6.45, 7) is 0.664. The first-order chi connectivity index (χ1) is 7.27. The van der Waals surface area contributed by atoms with E-state index in [0.717, 1.165) is 3.57 Å². The van der Waals surface area contributed by atoms with Crippen molar-refractivity contribution in [2.24, 2.45) is 5.92 Å².